The Bertz CT molecular complexity index is 557. The Hall–Kier alpha value is -1.74. The van der Waals surface area contributed by atoms with Crippen molar-refractivity contribution in [3.05, 3.63) is 64.7 Å². The first-order valence-electron chi connectivity index (χ1n) is 5.50. The van der Waals surface area contributed by atoms with Crippen molar-refractivity contribution < 1.29 is 9.18 Å². The summed E-state index contributed by atoms with van der Waals surface area (Å²) in [4.78, 5) is 15.8. The summed E-state index contributed by atoms with van der Waals surface area (Å²) in [5.41, 5.74) is 1.36. The first-order chi connectivity index (χ1) is 8.66. The molecule has 0 saturated heterocycles. The van der Waals surface area contributed by atoms with Crippen LogP contribution < -0.4 is 0 Å². The minimum atomic E-state index is -0.497. The summed E-state index contributed by atoms with van der Waals surface area (Å²) >= 11 is 5.80. The van der Waals surface area contributed by atoms with Crippen molar-refractivity contribution in [3.8, 4) is 0 Å². The number of ketones is 1. The molecule has 0 saturated carbocycles. The molecule has 0 spiro atoms. The Morgan fingerprint density at radius 2 is 2.06 bits per heavy atom. The number of hydrogen-bond donors (Lipinski definition) is 0. The van der Waals surface area contributed by atoms with E-state index in [4.69, 9.17) is 11.6 Å². The second-order valence-corrected chi connectivity index (χ2v) is 4.34. The number of Topliss-reactive ketones (excluding diaryl/α,β-unsaturated/α-hetero) is 1. The summed E-state index contributed by atoms with van der Waals surface area (Å²) in [5.74, 6) is -0.515. The van der Waals surface area contributed by atoms with Gasteiger partial charge in [-0.3, -0.25) is 9.78 Å². The highest BCUT2D eigenvalue weighted by Gasteiger charge is 2.10. The number of benzene rings is 1. The van der Waals surface area contributed by atoms with Crippen molar-refractivity contribution in [3.63, 3.8) is 0 Å². The summed E-state index contributed by atoms with van der Waals surface area (Å²) in [7, 11) is 0. The van der Waals surface area contributed by atoms with Crippen LogP contribution in [0.25, 0.3) is 0 Å². The molecular formula is C14H11ClFNO. The van der Waals surface area contributed by atoms with Gasteiger partial charge >= 0.3 is 0 Å². The van der Waals surface area contributed by atoms with E-state index in [9.17, 15) is 9.18 Å². The molecule has 0 aliphatic heterocycles. The zero-order valence-electron chi connectivity index (χ0n) is 9.57. The van der Waals surface area contributed by atoms with Crippen LogP contribution in [0.5, 0.6) is 0 Å². The molecule has 0 aliphatic rings. The van der Waals surface area contributed by atoms with Gasteiger partial charge in [0.25, 0.3) is 0 Å². The highest BCUT2D eigenvalue weighted by atomic mass is 35.5. The quantitative estimate of drug-likeness (QED) is 0.848. The van der Waals surface area contributed by atoms with Gasteiger partial charge in [0.05, 0.1) is 5.02 Å². The van der Waals surface area contributed by atoms with Gasteiger partial charge < -0.3 is 0 Å². The Labute approximate surface area is 109 Å². The molecule has 2 nitrogen and oxygen atoms in total. The lowest BCUT2D eigenvalue weighted by atomic mass is 10.0. The third kappa shape index (κ3) is 3.14. The maximum absolute atomic E-state index is 13.2. The Morgan fingerprint density at radius 1 is 1.22 bits per heavy atom. The van der Waals surface area contributed by atoms with Gasteiger partial charge in [-0.05, 0) is 23.3 Å². The van der Waals surface area contributed by atoms with E-state index in [-0.39, 0.29) is 23.6 Å². The number of carbonyl (C=O) groups is 1. The molecule has 1 heterocycles. The summed E-state index contributed by atoms with van der Waals surface area (Å²) in [6, 6.07) is 8.09. The molecular weight excluding hydrogens is 253 g/mol. The van der Waals surface area contributed by atoms with Crippen molar-refractivity contribution >= 4 is 17.4 Å². The Morgan fingerprint density at radius 3 is 2.78 bits per heavy atom. The fourth-order valence-electron chi connectivity index (χ4n) is 1.69. The molecule has 0 atom stereocenters. The SMILES string of the molecule is O=C(Cc1cccnc1)Cc1cccc(F)c1Cl. The first-order valence-corrected chi connectivity index (χ1v) is 5.88. The molecule has 1 aromatic heterocycles. The van der Waals surface area contributed by atoms with E-state index in [1.807, 2.05) is 6.07 Å². The van der Waals surface area contributed by atoms with Crippen molar-refractivity contribution in [2.24, 2.45) is 0 Å². The average Bonchev–Trinajstić information content (AvgIpc) is 2.36. The average molecular weight is 264 g/mol. The van der Waals surface area contributed by atoms with Gasteiger partial charge in [-0.1, -0.05) is 29.8 Å². The lowest BCUT2D eigenvalue weighted by molar-refractivity contribution is -0.117. The van der Waals surface area contributed by atoms with Crippen molar-refractivity contribution in [2.75, 3.05) is 0 Å². The number of hydrogen-bond acceptors (Lipinski definition) is 2. The smallest absolute Gasteiger partial charge is 0.142 e. The second kappa shape index (κ2) is 5.74. The molecule has 0 unspecified atom stereocenters. The summed E-state index contributed by atoms with van der Waals surface area (Å²) in [5, 5.41) is 0.0250. The first kappa shape index (κ1) is 12.7. The van der Waals surface area contributed by atoms with Gasteiger partial charge in [0.1, 0.15) is 11.6 Å². The largest absolute Gasteiger partial charge is 0.299 e. The molecule has 1 aromatic carbocycles. The summed E-state index contributed by atoms with van der Waals surface area (Å²) < 4.78 is 13.2. The molecule has 92 valence electrons. The molecule has 18 heavy (non-hydrogen) atoms. The maximum Gasteiger partial charge on any atom is 0.142 e. The second-order valence-electron chi connectivity index (χ2n) is 3.97. The van der Waals surface area contributed by atoms with Crippen LogP contribution in [0.15, 0.2) is 42.7 Å². The zero-order chi connectivity index (χ0) is 13.0. The van der Waals surface area contributed by atoms with Gasteiger partial charge in [-0.2, -0.15) is 0 Å². The van der Waals surface area contributed by atoms with Crippen LogP contribution in [0.1, 0.15) is 11.1 Å². The fraction of sp³-hybridized carbons (Fsp3) is 0.143. The minimum absolute atomic E-state index is 0.0181. The number of halogens is 2. The van der Waals surface area contributed by atoms with E-state index in [1.54, 1.807) is 30.6 Å². The van der Waals surface area contributed by atoms with Crippen molar-refractivity contribution in [2.45, 2.75) is 12.8 Å². The van der Waals surface area contributed by atoms with Gasteiger partial charge in [0.15, 0.2) is 0 Å². The number of nitrogens with zero attached hydrogens (tertiary/aromatic N) is 1. The highest BCUT2D eigenvalue weighted by Crippen LogP contribution is 2.20. The Kier molecular flexibility index (Phi) is 4.05. The summed E-state index contributed by atoms with van der Waals surface area (Å²) in [6.07, 6.45) is 3.70. The lowest BCUT2D eigenvalue weighted by Crippen LogP contribution is -2.07. The maximum atomic E-state index is 13.2. The van der Waals surface area contributed by atoms with Gasteiger partial charge in [-0.15, -0.1) is 0 Å². The fourth-order valence-corrected chi connectivity index (χ4v) is 1.88. The Balaban J connectivity index is 2.06. The number of pyridine rings is 1. The standard InChI is InChI=1S/C14H11ClFNO/c15-14-11(4-1-5-13(14)16)8-12(18)7-10-3-2-6-17-9-10/h1-6,9H,7-8H2. The van der Waals surface area contributed by atoms with Crippen LogP contribution in [0.3, 0.4) is 0 Å². The molecule has 4 heteroatoms. The van der Waals surface area contributed by atoms with E-state index < -0.39 is 5.82 Å². The van der Waals surface area contributed by atoms with E-state index in [2.05, 4.69) is 4.98 Å². The van der Waals surface area contributed by atoms with E-state index in [1.165, 1.54) is 6.07 Å². The van der Waals surface area contributed by atoms with Crippen LogP contribution in [-0.2, 0) is 17.6 Å². The number of aromatic nitrogens is 1. The van der Waals surface area contributed by atoms with Crippen LogP contribution >= 0.6 is 11.6 Å². The molecule has 2 rings (SSSR count). The van der Waals surface area contributed by atoms with Gasteiger partial charge in [0, 0.05) is 25.2 Å². The molecule has 0 N–H and O–H groups in total. The lowest BCUT2D eigenvalue weighted by Gasteiger charge is -2.04. The minimum Gasteiger partial charge on any atom is -0.299 e. The van der Waals surface area contributed by atoms with Crippen molar-refractivity contribution in [1.29, 1.82) is 0 Å². The van der Waals surface area contributed by atoms with E-state index >= 15 is 0 Å². The third-order valence-electron chi connectivity index (χ3n) is 2.54. The molecule has 0 amide bonds. The predicted molar refractivity (Wildman–Crippen MR) is 68.1 cm³/mol. The molecule has 2 aromatic rings. The highest BCUT2D eigenvalue weighted by molar-refractivity contribution is 6.31. The van der Waals surface area contributed by atoms with Gasteiger partial charge in [0.2, 0.25) is 0 Å². The van der Waals surface area contributed by atoms with Crippen LogP contribution in [0.4, 0.5) is 4.39 Å². The number of carbonyl (C=O) groups excluding carboxylic acids is 1. The monoisotopic (exact) mass is 263 g/mol. The summed E-state index contributed by atoms with van der Waals surface area (Å²) in [6.45, 7) is 0. The molecule has 0 radical (unpaired) electrons. The normalized spacial score (nSPS) is 10.3. The number of rotatable bonds is 4. The zero-order valence-corrected chi connectivity index (χ0v) is 10.3. The van der Waals surface area contributed by atoms with Crippen LogP contribution in [-0.4, -0.2) is 10.8 Å². The van der Waals surface area contributed by atoms with Gasteiger partial charge in [-0.25, -0.2) is 4.39 Å². The van der Waals surface area contributed by atoms with E-state index in [0.29, 0.717) is 5.56 Å². The topological polar surface area (TPSA) is 30.0 Å². The molecule has 0 fully saturated rings. The van der Waals surface area contributed by atoms with Crippen LogP contribution in [0.2, 0.25) is 5.02 Å². The van der Waals surface area contributed by atoms with Crippen LogP contribution in [0, 0.1) is 5.82 Å². The molecule has 0 aliphatic carbocycles. The predicted octanol–water partition coefficient (Wildman–Crippen LogP) is 3.23. The molecule has 0 bridgehead atoms. The third-order valence-corrected chi connectivity index (χ3v) is 2.97. The van der Waals surface area contributed by atoms with Crippen molar-refractivity contribution in [1.82, 2.24) is 4.98 Å². The van der Waals surface area contributed by atoms with E-state index in [0.717, 1.165) is 5.56 Å².